The maximum Gasteiger partial charge on any atom is 0.451 e. The van der Waals surface area contributed by atoms with Crippen LogP contribution in [-0.2, 0) is 22.1 Å². The highest BCUT2D eigenvalue weighted by molar-refractivity contribution is 5.77. The molecule has 1 atom stereocenters. The molecule has 1 amide bonds. The summed E-state index contributed by atoms with van der Waals surface area (Å²) in [6.07, 6.45) is -1.03. The summed E-state index contributed by atoms with van der Waals surface area (Å²) in [6, 6.07) is 5.70. The molecular weight excluding hydrogens is 401 g/mol. The molecule has 162 valence electrons. The lowest BCUT2D eigenvalue weighted by molar-refractivity contribution is -0.145. The molecule has 0 spiro atoms. The zero-order valence-corrected chi connectivity index (χ0v) is 16.7. The van der Waals surface area contributed by atoms with Crippen LogP contribution in [-0.4, -0.2) is 48.7 Å². The molecule has 2 heterocycles. The van der Waals surface area contributed by atoms with Crippen molar-refractivity contribution in [3.05, 3.63) is 42.0 Å². The van der Waals surface area contributed by atoms with Crippen LogP contribution in [0.2, 0.25) is 0 Å². The molecule has 1 fully saturated rings. The number of nitrogens with one attached hydrogen (secondary N) is 1. The van der Waals surface area contributed by atoms with Gasteiger partial charge in [0.15, 0.2) is 5.75 Å². The molecule has 1 N–H and O–H groups in total. The van der Waals surface area contributed by atoms with Crippen molar-refractivity contribution in [2.45, 2.75) is 32.0 Å². The van der Waals surface area contributed by atoms with Gasteiger partial charge < -0.3 is 19.7 Å². The van der Waals surface area contributed by atoms with Crippen LogP contribution in [0, 0.1) is 0 Å². The van der Waals surface area contributed by atoms with Gasteiger partial charge in [-0.15, -0.1) is 0 Å². The number of anilines is 1. The highest BCUT2D eigenvalue weighted by Gasteiger charge is 2.34. The summed E-state index contributed by atoms with van der Waals surface area (Å²) in [4.78, 5) is 20.5. The number of nitrogens with zero attached hydrogens (tertiary/aromatic N) is 3. The van der Waals surface area contributed by atoms with Crippen LogP contribution in [0.3, 0.4) is 0 Å². The SMILES string of the molecule is CCc1cc(Oc2cnc(C(F)(F)F)nc2)cc(N2CC[C@H](NC(=O)COC)C2)c1. The van der Waals surface area contributed by atoms with E-state index in [9.17, 15) is 18.0 Å². The molecule has 0 unspecified atom stereocenters. The fourth-order valence-electron chi connectivity index (χ4n) is 3.25. The number of hydrogen-bond donors (Lipinski definition) is 1. The van der Waals surface area contributed by atoms with Crippen molar-refractivity contribution in [3.63, 3.8) is 0 Å². The molecule has 1 aliphatic heterocycles. The fraction of sp³-hybridized carbons (Fsp3) is 0.450. The molecule has 2 aromatic rings. The summed E-state index contributed by atoms with van der Waals surface area (Å²) in [5, 5.41) is 2.93. The van der Waals surface area contributed by atoms with Crippen molar-refractivity contribution < 1.29 is 27.4 Å². The Morgan fingerprint density at radius 2 is 1.97 bits per heavy atom. The van der Waals surface area contributed by atoms with Crippen LogP contribution in [0.15, 0.2) is 30.6 Å². The molecule has 7 nitrogen and oxygen atoms in total. The molecule has 1 aromatic heterocycles. The summed E-state index contributed by atoms with van der Waals surface area (Å²) < 4.78 is 48.4. The number of benzene rings is 1. The van der Waals surface area contributed by atoms with Crippen LogP contribution in [0.25, 0.3) is 0 Å². The van der Waals surface area contributed by atoms with E-state index in [0.29, 0.717) is 12.3 Å². The first-order valence-electron chi connectivity index (χ1n) is 9.52. The molecule has 0 bridgehead atoms. The molecule has 30 heavy (non-hydrogen) atoms. The maximum absolute atomic E-state index is 12.6. The van der Waals surface area contributed by atoms with E-state index in [0.717, 1.165) is 43.0 Å². The summed E-state index contributed by atoms with van der Waals surface area (Å²) >= 11 is 0. The number of methoxy groups -OCH3 is 1. The third-order valence-electron chi connectivity index (χ3n) is 4.67. The van der Waals surface area contributed by atoms with Crippen molar-refractivity contribution in [1.29, 1.82) is 0 Å². The minimum atomic E-state index is -4.60. The largest absolute Gasteiger partial charge is 0.454 e. The first kappa shape index (κ1) is 21.8. The number of carbonyl (C=O) groups is 1. The van der Waals surface area contributed by atoms with Crippen LogP contribution in [0.4, 0.5) is 18.9 Å². The Kier molecular flexibility index (Phi) is 6.76. The predicted molar refractivity (Wildman–Crippen MR) is 104 cm³/mol. The van der Waals surface area contributed by atoms with Gasteiger partial charge in [-0.2, -0.15) is 13.2 Å². The first-order chi connectivity index (χ1) is 14.3. The van der Waals surface area contributed by atoms with Gasteiger partial charge in [-0.1, -0.05) is 6.92 Å². The number of hydrogen-bond acceptors (Lipinski definition) is 6. The quantitative estimate of drug-likeness (QED) is 0.736. The second kappa shape index (κ2) is 9.29. The molecule has 1 aromatic carbocycles. The number of aromatic nitrogens is 2. The number of carbonyl (C=O) groups excluding carboxylic acids is 1. The molecule has 1 saturated heterocycles. The van der Waals surface area contributed by atoms with Gasteiger partial charge in [0.2, 0.25) is 11.7 Å². The Hall–Kier alpha value is -2.88. The number of aryl methyl sites for hydroxylation is 1. The highest BCUT2D eigenvalue weighted by Crippen LogP contribution is 2.31. The third-order valence-corrected chi connectivity index (χ3v) is 4.67. The minimum absolute atomic E-state index is 0.0191. The van der Waals surface area contributed by atoms with Gasteiger partial charge in [0.25, 0.3) is 0 Å². The van der Waals surface area contributed by atoms with Crippen molar-refractivity contribution in [2.75, 3.05) is 31.7 Å². The van der Waals surface area contributed by atoms with Gasteiger partial charge in [-0.3, -0.25) is 4.79 Å². The number of halogens is 3. The lowest BCUT2D eigenvalue weighted by Gasteiger charge is -2.21. The van der Waals surface area contributed by atoms with E-state index in [2.05, 4.69) is 20.2 Å². The number of ether oxygens (including phenoxy) is 2. The fourth-order valence-corrected chi connectivity index (χ4v) is 3.25. The summed E-state index contributed by atoms with van der Waals surface area (Å²) in [7, 11) is 1.47. The summed E-state index contributed by atoms with van der Waals surface area (Å²) in [5.41, 5.74) is 1.93. The average Bonchev–Trinajstić information content (AvgIpc) is 3.16. The Bertz CT molecular complexity index is 875. The van der Waals surface area contributed by atoms with E-state index in [-0.39, 0.29) is 24.3 Å². The van der Waals surface area contributed by atoms with E-state index >= 15 is 0 Å². The average molecular weight is 424 g/mol. The summed E-state index contributed by atoms with van der Waals surface area (Å²) in [6.45, 7) is 3.43. The van der Waals surface area contributed by atoms with Crippen LogP contribution in [0.5, 0.6) is 11.5 Å². The molecule has 0 aliphatic carbocycles. The second-order valence-electron chi connectivity index (χ2n) is 6.96. The standard InChI is InChI=1S/C20H23F3N4O3/c1-3-13-6-15(27-5-4-14(11-27)26-18(28)12-29-2)8-16(7-13)30-17-9-24-19(25-10-17)20(21,22)23/h6-10,14H,3-5,11-12H2,1-2H3,(H,26,28)/t14-/m0/s1. The molecule has 0 saturated carbocycles. The van der Waals surface area contributed by atoms with E-state index in [1.807, 2.05) is 25.1 Å². The maximum atomic E-state index is 12.6. The zero-order chi connectivity index (χ0) is 21.7. The van der Waals surface area contributed by atoms with Gasteiger partial charge in [-0.05, 0) is 30.5 Å². The first-order valence-corrected chi connectivity index (χ1v) is 9.52. The van der Waals surface area contributed by atoms with E-state index < -0.39 is 12.0 Å². The van der Waals surface area contributed by atoms with Crippen molar-refractivity contribution >= 4 is 11.6 Å². The molecule has 0 radical (unpaired) electrons. The normalized spacial score (nSPS) is 16.6. The highest BCUT2D eigenvalue weighted by atomic mass is 19.4. The number of rotatable bonds is 7. The van der Waals surface area contributed by atoms with Gasteiger partial charge in [0.05, 0.1) is 12.4 Å². The van der Waals surface area contributed by atoms with E-state index in [1.54, 1.807) is 0 Å². The van der Waals surface area contributed by atoms with E-state index in [4.69, 9.17) is 9.47 Å². The zero-order valence-electron chi connectivity index (χ0n) is 16.7. The number of amides is 1. The molecule has 1 aliphatic rings. The van der Waals surface area contributed by atoms with Gasteiger partial charge in [-0.25, -0.2) is 9.97 Å². The monoisotopic (exact) mass is 424 g/mol. The van der Waals surface area contributed by atoms with Gasteiger partial charge in [0.1, 0.15) is 12.4 Å². The van der Waals surface area contributed by atoms with Crippen molar-refractivity contribution in [1.82, 2.24) is 15.3 Å². The minimum Gasteiger partial charge on any atom is -0.454 e. The third kappa shape index (κ3) is 5.59. The van der Waals surface area contributed by atoms with E-state index in [1.165, 1.54) is 7.11 Å². The Balaban J connectivity index is 1.72. The molecular formula is C20H23F3N4O3. The Labute approximate surface area is 172 Å². The van der Waals surface area contributed by atoms with Crippen LogP contribution < -0.4 is 15.0 Å². The van der Waals surface area contributed by atoms with Crippen LogP contribution in [0.1, 0.15) is 24.7 Å². The Morgan fingerprint density at radius 3 is 2.60 bits per heavy atom. The lowest BCUT2D eigenvalue weighted by Crippen LogP contribution is -2.38. The van der Waals surface area contributed by atoms with Gasteiger partial charge in [0, 0.05) is 38.0 Å². The smallest absolute Gasteiger partial charge is 0.451 e. The van der Waals surface area contributed by atoms with Gasteiger partial charge >= 0.3 is 6.18 Å². The Morgan fingerprint density at radius 1 is 1.23 bits per heavy atom. The van der Waals surface area contributed by atoms with Crippen molar-refractivity contribution in [2.24, 2.45) is 0 Å². The predicted octanol–water partition coefficient (Wildman–Crippen LogP) is 3.19. The summed E-state index contributed by atoms with van der Waals surface area (Å²) in [5.74, 6) is -0.762. The van der Waals surface area contributed by atoms with Crippen LogP contribution >= 0.6 is 0 Å². The number of alkyl halides is 3. The lowest BCUT2D eigenvalue weighted by atomic mass is 10.1. The van der Waals surface area contributed by atoms with Crippen molar-refractivity contribution in [3.8, 4) is 11.5 Å². The topological polar surface area (TPSA) is 76.6 Å². The molecule has 10 heteroatoms. The second-order valence-corrected chi connectivity index (χ2v) is 6.96. The molecule has 3 rings (SSSR count).